The molecular formula is C52H46IrP4. The maximum atomic E-state index is 2.43. The van der Waals surface area contributed by atoms with E-state index in [0.717, 1.165) is 0 Å². The fourth-order valence-electron chi connectivity index (χ4n) is 7.19. The van der Waals surface area contributed by atoms with Gasteiger partial charge in [0.25, 0.3) is 0 Å². The molecule has 57 heavy (non-hydrogen) atoms. The van der Waals surface area contributed by atoms with E-state index in [9.17, 15) is 0 Å². The van der Waals surface area contributed by atoms with E-state index in [4.69, 9.17) is 0 Å². The van der Waals surface area contributed by atoms with Crippen LogP contribution in [-0.4, -0.2) is 20.7 Å². The van der Waals surface area contributed by atoms with Crippen molar-refractivity contribution in [1.29, 1.82) is 0 Å². The molecule has 0 aliphatic heterocycles. The number of hydrogen-bond donors (Lipinski definition) is 0. The second kappa shape index (κ2) is 20.7. The van der Waals surface area contributed by atoms with Crippen molar-refractivity contribution < 1.29 is 17.7 Å². The summed E-state index contributed by atoms with van der Waals surface area (Å²) in [7, 11) is -2.55. The molecule has 8 rings (SSSR count). The average Bonchev–Trinajstić information content (AvgIpc) is 3.30. The molecule has 0 aromatic heterocycles. The maximum absolute atomic E-state index is 2.43. The molecular weight excluding hydrogens is 941 g/mol. The molecule has 283 valence electrons. The SMILES string of the molecule is c1ccc(P(C[CH]([Ir][CH](CP(c2ccccc2)c2ccccc2)P(c2ccccc2)c2ccccc2)P(c2ccccc2)c2ccccc2)c2ccccc2)cc1. The first-order valence-electron chi connectivity index (χ1n) is 19.4. The zero-order chi connectivity index (χ0) is 38.5. The van der Waals surface area contributed by atoms with E-state index in [1.165, 1.54) is 54.8 Å². The van der Waals surface area contributed by atoms with Crippen LogP contribution in [0.5, 0.6) is 0 Å². The zero-order valence-electron chi connectivity index (χ0n) is 31.8. The molecule has 0 saturated heterocycles. The third kappa shape index (κ3) is 10.4. The molecule has 0 fully saturated rings. The number of hydrogen-bond acceptors (Lipinski definition) is 0. The zero-order valence-corrected chi connectivity index (χ0v) is 37.8. The first-order valence-corrected chi connectivity index (χ1v) is 28.1. The Hall–Kier alpha value is -3.87. The second-order valence-electron chi connectivity index (χ2n) is 13.6. The third-order valence-electron chi connectivity index (χ3n) is 9.85. The molecule has 0 nitrogen and oxygen atoms in total. The fourth-order valence-corrected chi connectivity index (χ4v) is 32.0. The summed E-state index contributed by atoms with van der Waals surface area (Å²) in [6.07, 6.45) is 2.35. The molecule has 2 atom stereocenters. The van der Waals surface area contributed by atoms with Gasteiger partial charge in [0.1, 0.15) is 0 Å². The summed E-state index contributed by atoms with van der Waals surface area (Å²) in [5, 5.41) is 11.9. The summed E-state index contributed by atoms with van der Waals surface area (Å²) in [6, 6.07) is 92.1. The third-order valence-corrected chi connectivity index (χ3v) is 30.1. The summed E-state index contributed by atoms with van der Waals surface area (Å²) in [6.45, 7) is 0. The predicted octanol–water partition coefficient (Wildman–Crippen LogP) is 10.3. The first-order chi connectivity index (χ1) is 28.3. The quantitative estimate of drug-likeness (QED) is 0.0847. The molecule has 2 unspecified atom stereocenters. The molecule has 8 aromatic rings. The van der Waals surface area contributed by atoms with Crippen LogP contribution in [0.2, 0.25) is 0 Å². The van der Waals surface area contributed by atoms with Crippen molar-refractivity contribution in [2.24, 2.45) is 0 Å². The van der Waals surface area contributed by atoms with Gasteiger partial charge in [-0.3, -0.25) is 0 Å². The molecule has 0 heterocycles. The van der Waals surface area contributed by atoms with Gasteiger partial charge in [-0.05, 0) is 0 Å². The Bertz CT molecular complexity index is 2010. The Balaban J connectivity index is 1.34. The minimum atomic E-state index is -0.667. The predicted molar refractivity (Wildman–Crippen MR) is 254 cm³/mol. The normalized spacial score (nSPS) is 12.6. The van der Waals surface area contributed by atoms with Gasteiger partial charge in [-0.25, -0.2) is 0 Å². The van der Waals surface area contributed by atoms with E-state index in [0.29, 0.717) is 8.35 Å². The molecule has 0 amide bonds. The van der Waals surface area contributed by atoms with Gasteiger partial charge in [0.15, 0.2) is 0 Å². The van der Waals surface area contributed by atoms with E-state index in [2.05, 4.69) is 243 Å². The molecule has 0 aliphatic carbocycles. The van der Waals surface area contributed by atoms with Gasteiger partial charge >= 0.3 is 355 Å². The standard InChI is InChI=1S/2C26H23P2.Ir/c2*1-5-13-23(14-6-1)27(24-15-7-2-8-16-24)21-22-28(25-17-9-3-10-18-25)26-19-11-4-12-20-26;/h2*1-21H,22H2;. The first kappa shape index (κ1) is 39.9. The van der Waals surface area contributed by atoms with Crippen LogP contribution in [-0.2, 0) is 17.7 Å². The van der Waals surface area contributed by atoms with Crippen LogP contribution in [0.4, 0.5) is 0 Å². The van der Waals surface area contributed by atoms with Crippen LogP contribution >= 0.6 is 31.7 Å². The van der Waals surface area contributed by atoms with Gasteiger partial charge in [0, 0.05) is 0 Å². The summed E-state index contributed by atoms with van der Waals surface area (Å²) < 4.78 is 1.09. The molecule has 5 heteroatoms. The summed E-state index contributed by atoms with van der Waals surface area (Å²) in [5.74, 6) is 0. The van der Waals surface area contributed by atoms with Crippen molar-refractivity contribution in [3.05, 3.63) is 243 Å². The van der Waals surface area contributed by atoms with Crippen molar-refractivity contribution in [1.82, 2.24) is 0 Å². The summed E-state index contributed by atoms with van der Waals surface area (Å²) >= 11 is -0.649. The van der Waals surface area contributed by atoms with Crippen molar-refractivity contribution in [2.75, 3.05) is 12.3 Å². The second-order valence-corrected chi connectivity index (χ2v) is 29.2. The monoisotopic (exact) mass is 987 g/mol. The van der Waals surface area contributed by atoms with Gasteiger partial charge < -0.3 is 0 Å². The molecule has 0 N–H and O–H groups in total. The van der Waals surface area contributed by atoms with Gasteiger partial charge in [-0.15, -0.1) is 0 Å². The van der Waals surface area contributed by atoms with Crippen LogP contribution in [0.3, 0.4) is 0 Å². The van der Waals surface area contributed by atoms with Crippen LogP contribution in [0, 0.1) is 0 Å². The van der Waals surface area contributed by atoms with Crippen LogP contribution in [0.1, 0.15) is 0 Å². The van der Waals surface area contributed by atoms with Crippen LogP contribution < -0.4 is 42.4 Å². The average molecular weight is 987 g/mol. The van der Waals surface area contributed by atoms with Gasteiger partial charge in [-0.1, -0.05) is 0 Å². The van der Waals surface area contributed by atoms with E-state index in [-0.39, 0.29) is 0 Å². The van der Waals surface area contributed by atoms with Gasteiger partial charge in [0.05, 0.1) is 0 Å². The van der Waals surface area contributed by atoms with Crippen molar-refractivity contribution >= 4 is 74.1 Å². The molecule has 0 saturated carbocycles. The van der Waals surface area contributed by atoms with Crippen LogP contribution in [0.15, 0.2) is 243 Å². The molecule has 0 aliphatic rings. The fraction of sp³-hybridized carbons (Fsp3) is 0.0769. The molecule has 0 spiro atoms. The topological polar surface area (TPSA) is 0 Å². The van der Waals surface area contributed by atoms with Crippen LogP contribution in [0.25, 0.3) is 0 Å². The van der Waals surface area contributed by atoms with E-state index >= 15 is 0 Å². The van der Waals surface area contributed by atoms with E-state index < -0.39 is 49.4 Å². The van der Waals surface area contributed by atoms with Crippen molar-refractivity contribution in [2.45, 2.75) is 8.35 Å². The molecule has 8 aromatic carbocycles. The summed E-state index contributed by atoms with van der Waals surface area (Å²) in [5.41, 5.74) is 0. The van der Waals surface area contributed by atoms with E-state index in [1.54, 1.807) is 0 Å². The minimum absolute atomic E-state index is 0.544. The molecule has 0 bridgehead atoms. The Morgan fingerprint density at radius 3 is 0.614 bits per heavy atom. The Labute approximate surface area is 352 Å². The van der Waals surface area contributed by atoms with Gasteiger partial charge in [0.2, 0.25) is 0 Å². The number of rotatable bonds is 16. The molecule has 0 radical (unpaired) electrons. The Morgan fingerprint density at radius 1 is 0.246 bits per heavy atom. The van der Waals surface area contributed by atoms with E-state index in [1.807, 2.05) is 0 Å². The van der Waals surface area contributed by atoms with Gasteiger partial charge in [-0.2, -0.15) is 0 Å². The Morgan fingerprint density at radius 2 is 0.421 bits per heavy atom. The van der Waals surface area contributed by atoms with Crippen molar-refractivity contribution in [3.8, 4) is 0 Å². The van der Waals surface area contributed by atoms with Crippen molar-refractivity contribution in [3.63, 3.8) is 0 Å². The summed E-state index contributed by atoms with van der Waals surface area (Å²) in [4.78, 5) is 0. The Kier molecular flexibility index (Phi) is 14.5. The number of benzene rings is 8.